The largest absolute Gasteiger partial charge is 0.279 e. The van der Waals surface area contributed by atoms with Crippen LogP contribution in [-0.4, -0.2) is 26.3 Å². The van der Waals surface area contributed by atoms with E-state index in [1.165, 1.54) is 18.4 Å². The molecule has 1 rings (SSSR count). The lowest BCUT2D eigenvalue weighted by Crippen LogP contribution is -2.38. The molecule has 0 amide bonds. The van der Waals surface area contributed by atoms with E-state index in [1.54, 1.807) is 0 Å². The van der Waals surface area contributed by atoms with Crippen molar-refractivity contribution in [2.75, 3.05) is 13.6 Å². The summed E-state index contributed by atoms with van der Waals surface area (Å²) < 4.78 is 26.9. The van der Waals surface area contributed by atoms with Crippen molar-refractivity contribution >= 4 is 21.5 Å². The van der Waals surface area contributed by atoms with Crippen LogP contribution in [0.25, 0.3) is 0 Å². The van der Waals surface area contributed by atoms with E-state index in [0.717, 1.165) is 9.18 Å². The van der Waals surface area contributed by atoms with Gasteiger partial charge in [0.2, 0.25) is 0 Å². The number of thiophene rings is 1. The van der Waals surface area contributed by atoms with Gasteiger partial charge in [-0.15, -0.1) is 11.3 Å². The van der Waals surface area contributed by atoms with Gasteiger partial charge in [-0.25, -0.2) is 0 Å². The second-order valence-corrected chi connectivity index (χ2v) is 6.03. The summed E-state index contributed by atoms with van der Waals surface area (Å²) >= 11 is 1.50. The molecule has 1 N–H and O–H groups in total. The summed E-state index contributed by atoms with van der Waals surface area (Å²) in [6.07, 6.45) is 0.191. The molecule has 0 bridgehead atoms. The summed E-state index contributed by atoms with van der Waals surface area (Å²) in [6, 6.07) is 5.64. The van der Waals surface area contributed by atoms with Gasteiger partial charge in [-0.3, -0.25) is 0 Å². The first-order valence-electron chi connectivity index (χ1n) is 4.66. The molecule has 1 heterocycles. The maximum absolute atomic E-state index is 11.6. The zero-order valence-corrected chi connectivity index (χ0v) is 10.5. The molecule has 0 saturated heterocycles. The number of nitriles is 1. The number of hydrogen-bond donors (Lipinski definition) is 1. The predicted octanol–water partition coefficient (Wildman–Crippen LogP) is 0.928. The van der Waals surface area contributed by atoms with E-state index in [4.69, 9.17) is 5.26 Å². The molecule has 0 radical (unpaired) electrons. The number of hydrogen-bond acceptors (Lipinski definition) is 4. The molecule has 0 saturated carbocycles. The van der Waals surface area contributed by atoms with Crippen LogP contribution >= 0.6 is 11.3 Å². The summed E-state index contributed by atoms with van der Waals surface area (Å²) in [4.78, 5) is 0.956. The summed E-state index contributed by atoms with van der Waals surface area (Å²) in [6.45, 7) is 0.493. The fourth-order valence-corrected chi connectivity index (χ4v) is 2.64. The van der Waals surface area contributed by atoms with Gasteiger partial charge in [0.25, 0.3) is 10.2 Å². The second kappa shape index (κ2) is 5.96. The van der Waals surface area contributed by atoms with Crippen LogP contribution in [0.3, 0.4) is 0 Å². The van der Waals surface area contributed by atoms with Gasteiger partial charge < -0.3 is 0 Å². The lowest BCUT2D eigenvalue weighted by molar-refractivity contribution is 0.464. The molecule has 0 aliphatic rings. The van der Waals surface area contributed by atoms with Crippen LogP contribution in [0, 0.1) is 11.3 Å². The normalized spacial score (nSPS) is 11.6. The molecule has 0 fully saturated rings. The van der Waals surface area contributed by atoms with E-state index in [1.807, 2.05) is 23.6 Å². The maximum Gasteiger partial charge on any atom is 0.279 e. The highest BCUT2D eigenvalue weighted by Gasteiger charge is 2.16. The fraction of sp³-hybridized carbons (Fsp3) is 0.444. The van der Waals surface area contributed by atoms with Crippen molar-refractivity contribution in [3.8, 4) is 6.07 Å². The highest BCUT2D eigenvalue weighted by atomic mass is 32.2. The molecule has 0 atom stereocenters. The second-order valence-electron chi connectivity index (χ2n) is 3.14. The van der Waals surface area contributed by atoms with Crippen LogP contribution < -0.4 is 4.72 Å². The van der Waals surface area contributed by atoms with Gasteiger partial charge in [0, 0.05) is 31.4 Å². The summed E-state index contributed by atoms with van der Waals surface area (Å²) in [5.41, 5.74) is 0. The highest BCUT2D eigenvalue weighted by Crippen LogP contribution is 2.08. The Balaban J connectivity index is 2.49. The molecule has 0 spiro atoms. The van der Waals surface area contributed by atoms with E-state index < -0.39 is 10.2 Å². The van der Waals surface area contributed by atoms with Gasteiger partial charge in [-0.05, 0) is 11.4 Å². The van der Waals surface area contributed by atoms with Crippen molar-refractivity contribution in [2.45, 2.75) is 13.0 Å². The quantitative estimate of drug-likeness (QED) is 0.826. The minimum atomic E-state index is -3.47. The van der Waals surface area contributed by atoms with Crippen molar-refractivity contribution in [1.29, 1.82) is 5.26 Å². The smallest absolute Gasteiger partial charge is 0.198 e. The van der Waals surface area contributed by atoms with Crippen LogP contribution in [-0.2, 0) is 16.8 Å². The third-order valence-electron chi connectivity index (χ3n) is 1.96. The minimum Gasteiger partial charge on any atom is -0.198 e. The zero-order valence-electron chi connectivity index (χ0n) is 8.88. The van der Waals surface area contributed by atoms with Crippen molar-refractivity contribution in [3.05, 3.63) is 22.4 Å². The summed E-state index contributed by atoms with van der Waals surface area (Å²) in [5.74, 6) is 0. The van der Waals surface area contributed by atoms with Gasteiger partial charge in [0.05, 0.1) is 6.07 Å². The van der Waals surface area contributed by atoms with Crippen molar-refractivity contribution in [2.24, 2.45) is 0 Å². The topological polar surface area (TPSA) is 73.2 Å². The summed E-state index contributed by atoms with van der Waals surface area (Å²) in [5, 5.41) is 10.3. The van der Waals surface area contributed by atoms with Crippen molar-refractivity contribution in [1.82, 2.24) is 9.03 Å². The van der Waals surface area contributed by atoms with Gasteiger partial charge in [-0.1, -0.05) is 6.07 Å². The first kappa shape index (κ1) is 13.1. The Morgan fingerprint density at radius 2 is 2.38 bits per heavy atom. The minimum absolute atomic E-state index is 0.191. The average Bonchev–Trinajstić information content (AvgIpc) is 2.76. The van der Waals surface area contributed by atoms with Crippen molar-refractivity contribution in [3.63, 3.8) is 0 Å². The molecule has 7 heteroatoms. The SMILES string of the molecule is CN(CCC#N)S(=O)(=O)NCc1cccs1. The van der Waals surface area contributed by atoms with E-state index >= 15 is 0 Å². The highest BCUT2D eigenvalue weighted by molar-refractivity contribution is 7.87. The standard InChI is InChI=1S/C9H13N3O2S2/c1-12(6-3-5-10)16(13,14)11-8-9-4-2-7-15-9/h2,4,7,11H,3,6,8H2,1H3. The molecule has 5 nitrogen and oxygen atoms in total. The monoisotopic (exact) mass is 259 g/mol. The molecule has 0 aliphatic carbocycles. The molecular formula is C9H13N3O2S2. The average molecular weight is 259 g/mol. The zero-order chi connectivity index (χ0) is 12.0. The molecule has 1 aromatic heterocycles. The Labute approximate surface area is 99.5 Å². The van der Waals surface area contributed by atoms with Gasteiger partial charge >= 0.3 is 0 Å². The van der Waals surface area contributed by atoms with Crippen LogP contribution in [0.1, 0.15) is 11.3 Å². The molecule has 0 aliphatic heterocycles. The Kier molecular flexibility index (Phi) is 4.89. The summed E-state index contributed by atoms with van der Waals surface area (Å²) in [7, 11) is -2.02. The molecule has 88 valence electrons. The first-order chi connectivity index (χ1) is 7.56. The number of nitrogens with one attached hydrogen (secondary N) is 1. The Morgan fingerprint density at radius 3 is 2.94 bits per heavy atom. The van der Waals surface area contributed by atoms with E-state index in [-0.39, 0.29) is 19.5 Å². The van der Waals surface area contributed by atoms with Crippen LogP contribution in [0.15, 0.2) is 17.5 Å². The van der Waals surface area contributed by atoms with E-state index in [9.17, 15) is 8.42 Å². The molecular weight excluding hydrogens is 246 g/mol. The van der Waals surface area contributed by atoms with Crippen LogP contribution in [0.5, 0.6) is 0 Å². The van der Waals surface area contributed by atoms with Crippen molar-refractivity contribution < 1.29 is 8.42 Å². The number of rotatable bonds is 6. The fourth-order valence-electron chi connectivity index (χ4n) is 1.01. The Bertz CT molecular complexity index is 448. The Morgan fingerprint density at radius 1 is 1.62 bits per heavy atom. The first-order valence-corrected chi connectivity index (χ1v) is 6.98. The van der Waals surface area contributed by atoms with Gasteiger partial charge in [0.15, 0.2) is 0 Å². The lowest BCUT2D eigenvalue weighted by atomic mass is 10.5. The van der Waals surface area contributed by atoms with Crippen LogP contribution in [0.4, 0.5) is 0 Å². The molecule has 1 aromatic rings. The van der Waals surface area contributed by atoms with Crippen LogP contribution in [0.2, 0.25) is 0 Å². The van der Waals surface area contributed by atoms with Gasteiger partial charge in [0.1, 0.15) is 0 Å². The van der Waals surface area contributed by atoms with E-state index in [0.29, 0.717) is 0 Å². The Hall–Kier alpha value is -0.940. The molecule has 0 unspecified atom stereocenters. The third kappa shape index (κ3) is 3.90. The maximum atomic E-state index is 11.6. The van der Waals surface area contributed by atoms with Gasteiger partial charge in [-0.2, -0.15) is 22.7 Å². The molecule has 16 heavy (non-hydrogen) atoms. The predicted molar refractivity (Wildman–Crippen MR) is 62.9 cm³/mol. The lowest BCUT2D eigenvalue weighted by Gasteiger charge is -2.15. The third-order valence-corrected chi connectivity index (χ3v) is 4.35. The molecule has 0 aromatic carbocycles. The number of nitrogens with zero attached hydrogens (tertiary/aromatic N) is 2. The van der Waals surface area contributed by atoms with E-state index in [2.05, 4.69) is 4.72 Å².